The molecule has 0 spiro atoms. The van der Waals surface area contributed by atoms with Crippen LogP contribution in [0, 0.1) is 6.92 Å². The SMILES string of the molecule is CCn1nc2cc(N(C)c3ccnc(Nc4cccc(S(N)=O)c4)n3)ccc2c1C. The van der Waals surface area contributed by atoms with Crippen LogP contribution in [0.25, 0.3) is 10.9 Å². The zero-order valence-electron chi connectivity index (χ0n) is 17.0. The molecule has 2 aromatic heterocycles. The van der Waals surface area contributed by atoms with Crippen molar-refractivity contribution in [1.82, 2.24) is 19.7 Å². The van der Waals surface area contributed by atoms with E-state index < -0.39 is 11.0 Å². The standard InChI is InChI=1S/C21H23N7OS/c1-4-28-14(2)18-9-8-16(13-19(18)26-28)27(3)20-10-11-23-21(25-20)24-15-6-5-7-17(12-15)30(22)29/h5-13H,4,22H2,1-3H3,(H,23,24,25). The number of rotatable bonds is 6. The van der Waals surface area contributed by atoms with Gasteiger partial charge >= 0.3 is 0 Å². The van der Waals surface area contributed by atoms with E-state index in [0.29, 0.717) is 16.5 Å². The van der Waals surface area contributed by atoms with Crippen LogP contribution in [0.15, 0.2) is 59.6 Å². The number of nitrogens with one attached hydrogen (secondary N) is 1. The highest BCUT2D eigenvalue weighted by Gasteiger charge is 2.12. The van der Waals surface area contributed by atoms with Crippen LogP contribution < -0.4 is 15.4 Å². The van der Waals surface area contributed by atoms with Gasteiger partial charge in [-0.2, -0.15) is 10.1 Å². The fourth-order valence-corrected chi connectivity index (χ4v) is 3.78. The second kappa shape index (κ2) is 8.21. The first kappa shape index (κ1) is 20.0. The highest BCUT2D eigenvalue weighted by atomic mass is 32.2. The van der Waals surface area contributed by atoms with E-state index in [1.165, 1.54) is 0 Å². The molecule has 154 valence electrons. The Hall–Kier alpha value is -3.30. The third-order valence-electron chi connectivity index (χ3n) is 4.98. The van der Waals surface area contributed by atoms with Crippen LogP contribution in [0.5, 0.6) is 0 Å². The number of fused-ring (bicyclic) bond motifs is 1. The first-order valence-electron chi connectivity index (χ1n) is 9.53. The summed E-state index contributed by atoms with van der Waals surface area (Å²) in [5.74, 6) is 1.17. The van der Waals surface area contributed by atoms with Gasteiger partial charge in [0.05, 0.1) is 10.4 Å². The normalized spacial score (nSPS) is 12.1. The number of aryl methyl sites for hydroxylation is 2. The van der Waals surface area contributed by atoms with Gasteiger partial charge in [0.1, 0.15) is 16.8 Å². The molecule has 0 aliphatic rings. The van der Waals surface area contributed by atoms with E-state index in [1.54, 1.807) is 24.4 Å². The maximum absolute atomic E-state index is 11.5. The van der Waals surface area contributed by atoms with E-state index in [9.17, 15) is 4.21 Å². The van der Waals surface area contributed by atoms with Gasteiger partial charge in [-0.05, 0) is 56.3 Å². The number of hydrogen-bond donors (Lipinski definition) is 2. The quantitative estimate of drug-likeness (QED) is 0.493. The largest absolute Gasteiger partial charge is 0.329 e. The maximum atomic E-state index is 11.5. The zero-order valence-corrected chi connectivity index (χ0v) is 17.8. The summed E-state index contributed by atoms with van der Waals surface area (Å²) in [4.78, 5) is 11.4. The van der Waals surface area contributed by atoms with E-state index >= 15 is 0 Å². The third-order valence-corrected chi connectivity index (χ3v) is 5.70. The lowest BCUT2D eigenvalue weighted by Gasteiger charge is -2.19. The van der Waals surface area contributed by atoms with Gasteiger partial charge < -0.3 is 10.2 Å². The number of anilines is 4. The van der Waals surface area contributed by atoms with Crippen molar-refractivity contribution in [1.29, 1.82) is 0 Å². The average Bonchev–Trinajstić information content (AvgIpc) is 3.08. The van der Waals surface area contributed by atoms with Crippen LogP contribution in [0.2, 0.25) is 0 Å². The van der Waals surface area contributed by atoms with Crippen LogP contribution in [0.1, 0.15) is 12.6 Å². The van der Waals surface area contributed by atoms with Crippen molar-refractivity contribution in [3.63, 3.8) is 0 Å². The van der Waals surface area contributed by atoms with Gasteiger partial charge in [-0.3, -0.25) is 4.68 Å². The first-order chi connectivity index (χ1) is 14.5. The highest BCUT2D eigenvalue weighted by Crippen LogP contribution is 2.28. The van der Waals surface area contributed by atoms with Crippen LogP contribution in [-0.2, 0) is 17.5 Å². The van der Waals surface area contributed by atoms with Gasteiger partial charge in [0.25, 0.3) is 0 Å². The molecule has 0 amide bonds. The Morgan fingerprint density at radius 3 is 2.80 bits per heavy atom. The van der Waals surface area contributed by atoms with Crippen LogP contribution in [0.3, 0.4) is 0 Å². The molecule has 2 aromatic carbocycles. The molecule has 1 unspecified atom stereocenters. The van der Waals surface area contributed by atoms with Crippen molar-refractivity contribution in [3.05, 3.63) is 60.4 Å². The summed E-state index contributed by atoms with van der Waals surface area (Å²) >= 11 is 0. The van der Waals surface area contributed by atoms with Gasteiger partial charge in [0.2, 0.25) is 5.95 Å². The Labute approximate surface area is 177 Å². The Balaban J connectivity index is 1.61. The van der Waals surface area contributed by atoms with Crippen molar-refractivity contribution >= 4 is 45.0 Å². The summed E-state index contributed by atoms with van der Waals surface area (Å²) in [7, 11) is 0.410. The lowest BCUT2D eigenvalue weighted by Crippen LogP contribution is -2.12. The molecule has 0 saturated heterocycles. The Morgan fingerprint density at radius 1 is 1.20 bits per heavy atom. The molecule has 0 aliphatic heterocycles. The molecular formula is C21H23N7OS. The first-order valence-corrected chi connectivity index (χ1v) is 10.7. The number of aromatic nitrogens is 4. The molecule has 4 aromatic rings. The Kier molecular flexibility index (Phi) is 5.47. The minimum Gasteiger partial charge on any atom is -0.329 e. The van der Waals surface area contributed by atoms with Gasteiger partial charge in [-0.1, -0.05) is 6.07 Å². The molecule has 0 fully saturated rings. The summed E-state index contributed by atoms with van der Waals surface area (Å²) < 4.78 is 13.5. The fraction of sp³-hybridized carbons (Fsp3) is 0.190. The molecule has 4 rings (SSSR count). The predicted molar refractivity (Wildman–Crippen MR) is 121 cm³/mol. The van der Waals surface area contributed by atoms with Crippen molar-refractivity contribution in [2.45, 2.75) is 25.3 Å². The summed E-state index contributed by atoms with van der Waals surface area (Å²) in [6.07, 6.45) is 1.70. The number of hydrogen-bond acceptors (Lipinski definition) is 6. The zero-order chi connectivity index (χ0) is 21.3. The van der Waals surface area contributed by atoms with E-state index in [1.807, 2.05) is 28.8 Å². The molecule has 0 radical (unpaired) electrons. The summed E-state index contributed by atoms with van der Waals surface area (Å²) in [6.45, 7) is 5.01. The second-order valence-electron chi connectivity index (χ2n) is 6.85. The van der Waals surface area contributed by atoms with Gasteiger partial charge in [-0.15, -0.1) is 0 Å². The van der Waals surface area contributed by atoms with Crippen molar-refractivity contribution in [3.8, 4) is 0 Å². The average molecular weight is 422 g/mol. The summed E-state index contributed by atoms with van der Waals surface area (Å²) in [6, 6.07) is 15.1. The highest BCUT2D eigenvalue weighted by molar-refractivity contribution is 7.82. The van der Waals surface area contributed by atoms with E-state index in [0.717, 1.165) is 34.6 Å². The molecule has 8 nitrogen and oxygen atoms in total. The number of nitrogens with two attached hydrogens (primary N) is 1. The molecule has 1 atom stereocenters. The predicted octanol–water partition coefficient (Wildman–Crippen LogP) is 3.65. The van der Waals surface area contributed by atoms with Crippen molar-refractivity contribution in [2.24, 2.45) is 5.14 Å². The lowest BCUT2D eigenvalue weighted by atomic mass is 10.2. The number of benzene rings is 2. The van der Waals surface area contributed by atoms with Crippen LogP contribution >= 0.6 is 0 Å². The van der Waals surface area contributed by atoms with Gasteiger partial charge in [-0.25, -0.2) is 14.3 Å². The van der Waals surface area contributed by atoms with Gasteiger partial charge in [0.15, 0.2) is 0 Å². The van der Waals surface area contributed by atoms with E-state index in [2.05, 4.69) is 52.4 Å². The monoisotopic (exact) mass is 421 g/mol. The molecule has 9 heteroatoms. The number of nitrogens with zero attached hydrogens (tertiary/aromatic N) is 5. The molecule has 2 heterocycles. The maximum Gasteiger partial charge on any atom is 0.229 e. The Morgan fingerprint density at radius 2 is 2.03 bits per heavy atom. The molecular weight excluding hydrogens is 398 g/mol. The topological polar surface area (TPSA) is 102 Å². The van der Waals surface area contributed by atoms with Crippen molar-refractivity contribution < 1.29 is 4.21 Å². The smallest absolute Gasteiger partial charge is 0.229 e. The summed E-state index contributed by atoms with van der Waals surface area (Å²) in [5.41, 5.74) is 3.81. The minimum absolute atomic E-state index is 0.437. The van der Waals surface area contributed by atoms with Crippen LogP contribution in [-0.4, -0.2) is 31.0 Å². The van der Waals surface area contributed by atoms with E-state index in [4.69, 9.17) is 5.14 Å². The Bertz CT molecular complexity index is 1240. The minimum atomic E-state index is -1.54. The third kappa shape index (κ3) is 3.89. The lowest BCUT2D eigenvalue weighted by molar-refractivity contribution is 0.647. The molecule has 30 heavy (non-hydrogen) atoms. The molecule has 0 aliphatic carbocycles. The fourth-order valence-electron chi connectivity index (χ4n) is 3.33. The second-order valence-corrected chi connectivity index (χ2v) is 7.92. The van der Waals surface area contributed by atoms with Gasteiger partial charge in [0, 0.05) is 42.2 Å². The molecule has 3 N–H and O–H groups in total. The van der Waals surface area contributed by atoms with Crippen molar-refractivity contribution in [2.75, 3.05) is 17.3 Å². The van der Waals surface area contributed by atoms with Crippen LogP contribution in [0.4, 0.5) is 23.1 Å². The molecule has 0 bridgehead atoms. The van der Waals surface area contributed by atoms with E-state index in [-0.39, 0.29) is 0 Å². The summed E-state index contributed by atoms with van der Waals surface area (Å²) in [5, 5.41) is 14.4. The molecule has 0 saturated carbocycles.